The highest BCUT2D eigenvalue weighted by Gasteiger charge is 2.28. The molecule has 1 unspecified atom stereocenters. The minimum Gasteiger partial charge on any atom is -0.393 e. The number of thiophene rings is 1. The quantitative estimate of drug-likeness (QED) is 0.880. The molecule has 2 fully saturated rings. The third-order valence-electron chi connectivity index (χ3n) is 4.29. The molecule has 21 heavy (non-hydrogen) atoms. The van der Waals surface area contributed by atoms with Crippen LogP contribution in [0.2, 0.25) is 0 Å². The van der Waals surface area contributed by atoms with Gasteiger partial charge in [-0.15, -0.1) is 0 Å². The summed E-state index contributed by atoms with van der Waals surface area (Å²) in [6.07, 6.45) is 3.10. The van der Waals surface area contributed by atoms with E-state index >= 15 is 0 Å². The fourth-order valence-corrected chi connectivity index (χ4v) is 3.68. The van der Waals surface area contributed by atoms with Crippen molar-refractivity contribution in [3.63, 3.8) is 0 Å². The molecule has 0 bridgehead atoms. The highest BCUT2D eigenvalue weighted by atomic mass is 32.1. The summed E-state index contributed by atoms with van der Waals surface area (Å²) in [4.78, 5) is 14.2. The Bertz CT molecular complexity index is 457. The van der Waals surface area contributed by atoms with E-state index in [0.717, 1.165) is 31.2 Å². The normalized spacial score (nSPS) is 30.1. The molecule has 116 valence electrons. The van der Waals surface area contributed by atoms with Gasteiger partial charge in [-0.3, -0.25) is 0 Å². The first kappa shape index (κ1) is 14.8. The van der Waals surface area contributed by atoms with Crippen molar-refractivity contribution in [2.45, 2.75) is 43.9 Å². The number of hydrogen-bond donors (Lipinski definition) is 2. The van der Waals surface area contributed by atoms with Crippen LogP contribution in [0.4, 0.5) is 4.79 Å². The second kappa shape index (κ2) is 6.77. The molecule has 1 aliphatic carbocycles. The van der Waals surface area contributed by atoms with E-state index in [1.165, 1.54) is 0 Å². The van der Waals surface area contributed by atoms with Crippen molar-refractivity contribution < 1.29 is 14.6 Å². The minimum atomic E-state index is -0.190. The number of rotatable bonds is 2. The standard InChI is InChI=1S/C15H22N2O3S/c18-13-3-1-12(2-4-13)16-15(19)17-6-7-20-14(9-17)11-5-8-21-10-11/h5,8,10,12-14,18H,1-4,6-7,9H2,(H,16,19). The lowest BCUT2D eigenvalue weighted by Crippen LogP contribution is -2.50. The summed E-state index contributed by atoms with van der Waals surface area (Å²) in [7, 11) is 0. The zero-order valence-corrected chi connectivity index (χ0v) is 12.8. The lowest BCUT2D eigenvalue weighted by atomic mass is 9.93. The summed E-state index contributed by atoms with van der Waals surface area (Å²) in [5.41, 5.74) is 1.15. The number of urea groups is 1. The van der Waals surface area contributed by atoms with Crippen molar-refractivity contribution in [2.75, 3.05) is 19.7 Å². The third-order valence-corrected chi connectivity index (χ3v) is 4.99. The number of carbonyl (C=O) groups is 1. The molecule has 0 spiro atoms. The zero-order valence-electron chi connectivity index (χ0n) is 12.0. The summed E-state index contributed by atoms with van der Waals surface area (Å²) in [6.45, 7) is 1.83. The Labute approximate surface area is 128 Å². The van der Waals surface area contributed by atoms with Gasteiger partial charge in [0.25, 0.3) is 0 Å². The van der Waals surface area contributed by atoms with Crippen LogP contribution >= 0.6 is 11.3 Å². The summed E-state index contributed by atoms with van der Waals surface area (Å²) in [6, 6.07) is 2.25. The highest BCUT2D eigenvalue weighted by molar-refractivity contribution is 7.07. The average Bonchev–Trinajstić information content (AvgIpc) is 3.04. The minimum absolute atomic E-state index is 0.0000746. The van der Waals surface area contributed by atoms with Crippen LogP contribution in [0.5, 0.6) is 0 Å². The van der Waals surface area contributed by atoms with Crippen LogP contribution in [0.3, 0.4) is 0 Å². The van der Waals surface area contributed by atoms with E-state index in [1.54, 1.807) is 11.3 Å². The largest absolute Gasteiger partial charge is 0.393 e. The smallest absolute Gasteiger partial charge is 0.317 e. The van der Waals surface area contributed by atoms with E-state index in [4.69, 9.17) is 4.74 Å². The maximum atomic E-state index is 12.4. The molecule has 1 saturated heterocycles. The number of hydrogen-bond acceptors (Lipinski definition) is 4. The number of carbonyl (C=O) groups excluding carboxylic acids is 1. The van der Waals surface area contributed by atoms with Crippen molar-refractivity contribution in [3.8, 4) is 0 Å². The molecule has 5 nitrogen and oxygen atoms in total. The monoisotopic (exact) mass is 310 g/mol. The van der Waals surface area contributed by atoms with Crippen LogP contribution in [0.1, 0.15) is 37.4 Å². The van der Waals surface area contributed by atoms with E-state index in [1.807, 2.05) is 10.3 Å². The molecule has 1 aliphatic heterocycles. The molecular formula is C15H22N2O3S. The Kier molecular flexibility index (Phi) is 4.77. The zero-order chi connectivity index (χ0) is 14.7. The Morgan fingerprint density at radius 3 is 2.90 bits per heavy atom. The number of aliphatic hydroxyl groups excluding tert-OH is 1. The highest BCUT2D eigenvalue weighted by Crippen LogP contribution is 2.24. The fraction of sp³-hybridized carbons (Fsp3) is 0.667. The van der Waals surface area contributed by atoms with E-state index in [0.29, 0.717) is 19.7 Å². The van der Waals surface area contributed by atoms with E-state index in [2.05, 4.69) is 16.8 Å². The molecule has 6 heteroatoms. The predicted molar refractivity (Wildman–Crippen MR) is 81.4 cm³/mol. The van der Waals surface area contributed by atoms with Crippen LogP contribution in [0, 0.1) is 0 Å². The number of morpholine rings is 1. The van der Waals surface area contributed by atoms with Crippen LogP contribution in [0.15, 0.2) is 16.8 Å². The van der Waals surface area contributed by atoms with Gasteiger partial charge in [0.15, 0.2) is 0 Å². The first-order chi connectivity index (χ1) is 10.2. The molecule has 3 rings (SSSR count). The van der Waals surface area contributed by atoms with Crippen molar-refractivity contribution >= 4 is 17.4 Å². The number of aliphatic hydroxyl groups is 1. The number of nitrogens with one attached hydrogen (secondary N) is 1. The van der Waals surface area contributed by atoms with Crippen LogP contribution < -0.4 is 5.32 Å². The van der Waals surface area contributed by atoms with E-state index in [-0.39, 0.29) is 24.3 Å². The summed E-state index contributed by atoms with van der Waals surface area (Å²) < 4.78 is 5.76. The Hall–Kier alpha value is -1.11. The van der Waals surface area contributed by atoms with Gasteiger partial charge in [0.05, 0.1) is 19.3 Å². The lowest BCUT2D eigenvalue weighted by Gasteiger charge is -2.35. The number of amides is 2. The SMILES string of the molecule is O=C(NC1CCC(O)CC1)N1CCOC(c2ccsc2)C1. The van der Waals surface area contributed by atoms with Gasteiger partial charge >= 0.3 is 6.03 Å². The van der Waals surface area contributed by atoms with Crippen LogP contribution in [-0.2, 0) is 4.74 Å². The number of ether oxygens (including phenoxy) is 1. The molecule has 2 aliphatic rings. The van der Waals surface area contributed by atoms with E-state index < -0.39 is 0 Å². The van der Waals surface area contributed by atoms with E-state index in [9.17, 15) is 9.90 Å². The topological polar surface area (TPSA) is 61.8 Å². The first-order valence-electron chi connectivity index (χ1n) is 7.59. The van der Waals surface area contributed by atoms with Gasteiger partial charge in [0, 0.05) is 12.6 Å². The van der Waals surface area contributed by atoms with Gasteiger partial charge in [0.2, 0.25) is 0 Å². The van der Waals surface area contributed by atoms with Gasteiger partial charge in [0.1, 0.15) is 6.10 Å². The summed E-state index contributed by atoms with van der Waals surface area (Å²) in [5, 5.41) is 16.7. The van der Waals surface area contributed by atoms with Crippen molar-refractivity contribution in [1.82, 2.24) is 10.2 Å². The maximum absolute atomic E-state index is 12.4. The van der Waals surface area contributed by atoms with Gasteiger partial charge in [-0.1, -0.05) is 0 Å². The molecule has 2 amide bonds. The lowest BCUT2D eigenvalue weighted by molar-refractivity contribution is -0.0159. The Morgan fingerprint density at radius 1 is 1.38 bits per heavy atom. The predicted octanol–water partition coefficient (Wildman–Crippen LogP) is 2.13. The van der Waals surface area contributed by atoms with Crippen molar-refractivity contribution in [3.05, 3.63) is 22.4 Å². The average molecular weight is 310 g/mol. The summed E-state index contributed by atoms with van der Waals surface area (Å²) >= 11 is 1.65. The second-order valence-electron chi connectivity index (χ2n) is 5.82. The summed E-state index contributed by atoms with van der Waals surface area (Å²) in [5.74, 6) is 0. The molecule has 0 radical (unpaired) electrons. The van der Waals surface area contributed by atoms with Crippen molar-refractivity contribution in [2.24, 2.45) is 0 Å². The number of nitrogens with zero attached hydrogens (tertiary/aromatic N) is 1. The molecule has 1 aromatic heterocycles. The molecule has 0 aromatic carbocycles. The van der Waals surface area contributed by atoms with Crippen molar-refractivity contribution in [1.29, 1.82) is 0 Å². The molecule has 2 heterocycles. The van der Waals surface area contributed by atoms with Gasteiger partial charge in [-0.05, 0) is 48.1 Å². The molecule has 1 aromatic rings. The van der Waals surface area contributed by atoms with Gasteiger partial charge < -0.3 is 20.1 Å². The molecule has 1 atom stereocenters. The van der Waals surface area contributed by atoms with Gasteiger partial charge in [-0.2, -0.15) is 11.3 Å². The first-order valence-corrected chi connectivity index (χ1v) is 8.54. The molecular weight excluding hydrogens is 288 g/mol. The third kappa shape index (κ3) is 3.75. The van der Waals surface area contributed by atoms with Crippen LogP contribution in [-0.4, -0.2) is 47.9 Å². The fourth-order valence-electron chi connectivity index (χ4n) is 2.98. The second-order valence-corrected chi connectivity index (χ2v) is 6.60. The van der Waals surface area contributed by atoms with Crippen LogP contribution in [0.25, 0.3) is 0 Å². The molecule has 1 saturated carbocycles. The Balaban J connectivity index is 1.52. The Morgan fingerprint density at radius 2 is 2.19 bits per heavy atom. The molecule has 2 N–H and O–H groups in total. The van der Waals surface area contributed by atoms with Gasteiger partial charge in [-0.25, -0.2) is 4.79 Å². The maximum Gasteiger partial charge on any atom is 0.317 e.